The molecule has 0 atom stereocenters. The fraction of sp³-hybridized carbons (Fsp3) is 0. The molecule has 11 rings (SSSR count). The van der Waals surface area contributed by atoms with Crippen LogP contribution < -0.4 is 9.80 Å². The van der Waals surface area contributed by atoms with Crippen molar-refractivity contribution in [2.45, 2.75) is 0 Å². The molecular formula is C54H36N2S2. The van der Waals surface area contributed by atoms with Gasteiger partial charge in [-0.05, 0) is 131 Å². The van der Waals surface area contributed by atoms with Gasteiger partial charge >= 0.3 is 0 Å². The van der Waals surface area contributed by atoms with Crippen LogP contribution in [0.2, 0.25) is 0 Å². The second kappa shape index (κ2) is 14.5. The molecule has 0 aliphatic heterocycles. The molecule has 58 heavy (non-hydrogen) atoms. The summed E-state index contributed by atoms with van der Waals surface area (Å²) < 4.78 is 5.31. The first-order valence-corrected chi connectivity index (χ1v) is 21.2. The van der Waals surface area contributed by atoms with Crippen LogP contribution in [0.15, 0.2) is 218 Å². The molecule has 0 fully saturated rings. The predicted octanol–water partition coefficient (Wildman–Crippen LogP) is 16.7. The molecule has 0 spiro atoms. The lowest BCUT2D eigenvalue weighted by molar-refractivity contribution is 1.26. The van der Waals surface area contributed by atoms with E-state index >= 15 is 0 Å². The number of anilines is 6. The van der Waals surface area contributed by atoms with Crippen molar-refractivity contribution < 1.29 is 0 Å². The van der Waals surface area contributed by atoms with Gasteiger partial charge in [-0.3, -0.25) is 0 Å². The van der Waals surface area contributed by atoms with Gasteiger partial charge in [-0.15, -0.1) is 22.7 Å². The predicted molar refractivity (Wildman–Crippen MR) is 252 cm³/mol. The Morgan fingerprint density at radius 2 is 0.517 bits per heavy atom. The fourth-order valence-corrected chi connectivity index (χ4v) is 10.4. The van der Waals surface area contributed by atoms with Crippen LogP contribution in [0.5, 0.6) is 0 Å². The molecule has 0 radical (unpaired) electrons. The number of benzene rings is 9. The number of rotatable bonds is 8. The topological polar surface area (TPSA) is 6.48 Å². The van der Waals surface area contributed by atoms with E-state index < -0.39 is 0 Å². The largest absolute Gasteiger partial charge is 0.311 e. The molecule has 0 aliphatic carbocycles. The van der Waals surface area contributed by atoms with E-state index in [0.717, 1.165) is 34.1 Å². The summed E-state index contributed by atoms with van der Waals surface area (Å²) >= 11 is 3.72. The third-order valence-corrected chi connectivity index (χ3v) is 13.4. The number of thiophene rings is 2. The lowest BCUT2D eigenvalue weighted by Gasteiger charge is -2.28. The van der Waals surface area contributed by atoms with Gasteiger partial charge in [0.2, 0.25) is 0 Å². The Morgan fingerprint density at radius 3 is 0.914 bits per heavy atom. The van der Waals surface area contributed by atoms with Crippen LogP contribution in [0.25, 0.3) is 62.6 Å². The molecule has 0 saturated carbocycles. The smallest absolute Gasteiger partial charge is 0.0463 e. The van der Waals surface area contributed by atoms with Crippen LogP contribution in [0, 0.1) is 0 Å². The summed E-state index contributed by atoms with van der Waals surface area (Å²) in [5, 5.41) is 5.28. The highest BCUT2D eigenvalue weighted by molar-refractivity contribution is 7.26. The molecule has 0 bridgehead atoms. The molecule has 0 aliphatic rings. The van der Waals surface area contributed by atoms with Crippen molar-refractivity contribution in [3.8, 4) is 22.3 Å². The van der Waals surface area contributed by atoms with Gasteiger partial charge in [0.1, 0.15) is 0 Å². The highest BCUT2D eigenvalue weighted by atomic mass is 32.1. The molecule has 2 aromatic heterocycles. The molecule has 2 heterocycles. The lowest BCUT2D eigenvalue weighted by Crippen LogP contribution is -2.12. The van der Waals surface area contributed by atoms with Gasteiger partial charge in [0.05, 0.1) is 0 Å². The number of nitrogens with zero attached hydrogens (tertiary/aromatic N) is 2. The van der Waals surface area contributed by atoms with E-state index in [1.54, 1.807) is 0 Å². The molecule has 0 N–H and O–H groups in total. The Hall–Kier alpha value is -6.98. The molecule has 11 aromatic rings. The third kappa shape index (κ3) is 6.20. The van der Waals surface area contributed by atoms with E-state index in [9.17, 15) is 0 Å². The molecule has 9 aromatic carbocycles. The van der Waals surface area contributed by atoms with Crippen LogP contribution in [0.3, 0.4) is 0 Å². The van der Waals surface area contributed by atoms with E-state index in [4.69, 9.17) is 0 Å². The summed E-state index contributed by atoms with van der Waals surface area (Å²) in [5.74, 6) is 0. The van der Waals surface area contributed by atoms with E-state index in [1.165, 1.54) is 62.6 Å². The van der Waals surface area contributed by atoms with Crippen molar-refractivity contribution in [3.05, 3.63) is 218 Å². The van der Waals surface area contributed by atoms with Crippen LogP contribution in [-0.2, 0) is 0 Å². The Kier molecular flexibility index (Phi) is 8.58. The van der Waals surface area contributed by atoms with Gasteiger partial charge in [0, 0.05) is 74.5 Å². The SMILES string of the molecule is c1ccc(N(c2ccc(-c3ccc4sc5ccccc5c4c3)cc2)c2ccc(N(c3ccccc3)c3ccc(-c4ccc5sc6ccccc6c5c4)cc3)cc2)cc1. The summed E-state index contributed by atoms with van der Waals surface area (Å²) in [5.41, 5.74) is 11.5. The maximum Gasteiger partial charge on any atom is 0.0463 e. The Labute approximate surface area is 345 Å². The van der Waals surface area contributed by atoms with Crippen molar-refractivity contribution in [1.82, 2.24) is 0 Å². The summed E-state index contributed by atoms with van der Waals surface area (Å²) in [4.78, 5) is 4.66. The van der Waals surface area contributed by atoms with Gasteiger partial charge in [0.15, 0.2) is 0 Å². The number of fused-ring (bicyclic) bond motifs is 6. The minimum atomic E-state index is 1.09. The average molecular weight is 777 g/mol. The summed E-state index contributed by atoms with van der Waals surface area (Å²) in [7, 11) is 0. The average Bonchev–Trinajstić information content (AvgIpc) is 3.86. The van der Waals surface area contributed by atoms with Crippen molar-refractivity contribution in [2.24, 2.45) is 0 Å². The third-order valence-electron chi connectivity index (χ3n) is 11.1. The molecule has 2 nitrogen and oxygen atoms in total. The zero-order chi connectivity index (χ0) is 38.4. The molecule has 0 amide bonds. The Bertz CT molecular complexity index is 2980. The van der Waals surface area contributed by atoms with E-state index in [1.807, 2.05) is 22.7 Å². The molecule has 274 valence electrons. The van der Waals surface area contributed by atoms with Crippen LogP contribution in [-0.4, -0.2) is 0 Å². The van der Waals surface area contributed by atoms with E-state index in [-0.39, 0.29) is 0 Å². The number of hydrogen-bond donors (Lipinski definition) is 0. The minimum Gasteiger partial charge on any atom is -0.311 e. The van der Waals surface area contributed by atoms with Gasteiger partial charge < -0.3 is 9.80 Å². The lowest BCUT2D eigenvalue weighted by atomic mass is 10.0. The van der Waals surface area contributed by atoms with E-state index in [0.29, 0.717) is 0 Å². The normalized spacial score (nSPS) is 11.4. The first-order chi connectivity index (χ1) is 28.7. The Balaban J connectivity index is 0.921. The fourth-order valence-electron chi connectivity index (χ4n) is 8.22. The summed E-state index contributed by atoms with van der Waals surface area (Å²) in [6, 6.07) is 79.2. The maximum absolute atomic E-state index is 2.34. The van der Waals surface area contributed by atoms with Crippen LogP contribution >= 0.6 is 22.7 Å². The van der Waals surface area contributed by atoms with Crippen molar-refractivity contribution in [3.63, 3.8) is 0 Å². The summed E-state index contributed by atoms with van der Waals surface area (Å²) in [6.07, 6.45) is 0. The molecule has 4 heteroatoms. The number of para-hydroxylation sites is 2. The zero-order valence-corrected chi connectivity index (χ0v) is 33.1. The second-order valence-corrected chi connectivity index (χ2v) is 16.7. The van der Waals surface area contributed by atoms with E-state index in [2.05, 4.69) is 228 Å². The van der Waals surface area contributed by atoms with Gasteiger partial charge in [0.25, 0.3) is 0 Å². The highest BCUT2D eigenvalue weighted by Crippen LogP contribution is 2.42. The van der Waals surface area contributed by atoms with Gasteiger partial charge in [-0.2, -0.15) is 0 Å². The Morgan fingerprint density at radius 1 is 0.224 bits per heavy atom. The first-order valence-electron chi connectivity index (χ1n) is 19.6. The molecular weight excluding hydrogens is 741 g/mol. The minimum absolute atomic E-state index is 1.09. The zero-order valence-electron chi connectivity index (χ0n) is 31.5. The first kappa shape index (κ1) is 34.3. The highest BCUT2D eigenvalue weighted by Gasteiger charge is 2.17. The number of hydrogen-bond acceptors (Lipinski definition) is 4. The molecule has 0 saturated heterocycles. The van der Waals surface area contributed by atoms with Crippen molar-refractivity contribution >= 4 is 97.1 Å². The second-order valence-electron chi connectivity index (χ2n) is 14.6. The van der Waals surface area contributed by atoms with Crippen molar-refractivity contribution in [2.75, 3.05) is 9.80 Å². The van der Waals surface area contributed by atoms with Gasteiger partial charge in [-0.25, -0.2) is 0 Å². The van der Waals surface area contributed by atoms with Crippen LogP contribution in [0.1, 0.15) is 0 Å². The standard InChI is InChI=1S/C54H36N2S2/c1-3-11-41(12-4-1)55(43-25-19-37(20-26-43)39-23-33-53-49(35-39)47-15-7-9-17-51(47)57-53)45-29-31-46(32-30-45)56(42-13-5-2-6-14-42)44-27-21-38(22-28-44)40-24-34-54-50(36-40)48-16-8-10-18-52(48)58-54/h1-36H. The summed E-state index contributed by atoms with van der Waals surface area (Å²) in [6.45, 7) is 0. The monoisotopic (exact) mass is 776 g/mol. The van der Waals surface area contributed by atoms with Gasteiger partial charge in [-0.1, -0.05) is 109 Å². The van der Waals surface area contributed by atoms with Crippen molar-refractivity contribution in [1.29, 1.82) is 0 Å². The molecule has 0 unspecified atom stereocenters. The van der Waals surface area contributed by atoms with Crippen LogP contribution in [0.4, 0.5) is 34.1 Å². The maximum atomic E-state index is 2.34. The quantitative estimate of drug-likeness (QED) is 0.152.